The molecule has 0 saturated heterocycles. The van der Waals surface area contributed by atoms with Crippen molar-refractivity contribution in [2.24, 2.45) is 0 Å². The molecule has 3 aromatic rings. The first-order valence-corrected chi connectivity index (χ1v) is 6.73. The standard InChI is InChI=1S/C14H8Cl2N4O/c15-9-5-11(19-10-4-2-1-3-8(9)10)14(21)20-13-6-12(16)17-7-18-13/h1-7H,(H,17,18,20,21). The van der Waals surface area contributed by atoms with Gasteiger partial charge in [-0.05, 0) is 12.1 Å². The Bertz CT molecular complexity index is 838. The molecule has 3 rings (SSSR count). The van der Waals surface area contributed by atoms with Crippen LogP contribution in [0.25, 0.3) is 10.9 Å². The van der Waals surface area contributed by atoms with E-state index in [1.807, 2.05) is 18.2 Å². The van der Waals surface area contributed by atoms with Crippen LogP contribution >= 0.6 is 23.2 Å². The van der Waals surface area contributed by atoms with Gasteiger partial charge in [-0.2, -0.15) is 0 Å². The molecular formula is C14H8Cl2N4O. The first-order chi connectivity index (χ1) is 10.1. The number of anilines is 1. The van der Waals surface area contributed by atoms with Crippen molar-refractivity contribution in [1.29, 1.82) is 0 Å². The number of nitrogens with one attached hydrogen (secondary N) is 1. The minimum absolute atomic E-state index is 0.202. The smallest absolute Gasteiger partial charge is 0.275 e. The third-order valence-corrected chi connectivity index (χ3v) is 3.29. The Morgan fingerprint density at radius 2 is 1.90 bits per heavy atom. The van der Waals surface area contributed by atoms with Gasteiger partial charge in [-0.1, -0.05) is 41.4 Å². The first kappa shape index (κ1) is 13.7. The van der Waals surface area contributed by atoms with Crippen LogP contribution in [0.5, 0.6) is 0 Å². The maximum atomic E-state index is 12.2. The lowest BCUT2D eigenvalue weighted by molar-refractivity contribution is 0.102. The second kappa shape index (κ2) is 5.63. The van der Waals surface area contributed by atoms with Crippen molar-refractivity contribution in [3.8, 4) is 0 Å². The van der Waals surface area contributed by atoms with E-state index in [1.165, 1.54) is 18.5 Å². The van der Waals surface area contributed by atoms with E-state index < -0.39 is 5.91 Å². The molecule has 0 aliphatic carbocycles. The number of aromatic nitrogens is 3. The number of fused-ring (bicyclic) bond motifs is 1. The molecule has 0 unspecified atom stereocenters. The van der Waals surface area contributed by atoms with E-state index in [4.69, 9.17) is 23.2 Å². The van der Waals surface area contributed by atoms with Gasteiger partial charge in [-0.15, -0.1) is 0 Å². The predicted molar refractivity (Wildman–Crippen MR) is 81.7 cm³/mol. The van der Waals surface area contributed by atoms with E-state index in [0.29, 0.717) is 16.4 Å². The Morgan fingerprint density at radius 1 is 1.10 bits per heavy atom. The third-order valence-electron chi connectivity index (χ3n) is 2.77. The summed E-state index contributed by atoms with van der Waals surface area (Å²) in [6.07, 6.45) is 1.26. The number of carbonyl (C=O) groups is 1. The highest BCUT2D eigenvalue weighted by Crippen LogP contribution is 2.23. The molecular weight excluding hydrogens is 311 g/mol. The Balaban J connectivity index is 1.94. The fraction of sp³-hybridized carbons (Fsp3) is 0. The summed E-state index contributed by atoms with van der Waals surface area (Å²) in [7, 11) is 0. The summed E-state index contributed by atoms with van der Waals surface area (Å²) in [5.74, 6) is -0.122. The van der Waals surface area contributed by atoms with E-state index in [-0.39, 0.29) is 10.8 Å². The Labute approximate surface area is 130 Å². The molecule has 1 amide bonds. The van der Waals surface area contributed by atoms with Gasteiger partial charge in [-0.25, -0.2) is 15.0 Å². The molecule has 0 saturated carbocycles. The molecule has 0 aliphatic heterocycles. The first-order valence-electron chi connectivity index (χ1n) is 5.97. The third kappa shape index (κ3) is 2.94. The number of pyridine rings is 1. The van der Waals surface area contributed by atoms with Gasteiger partial charge in [0.1, 0.15) is 23.0 Å². The van der Waals surface area contributed by atoms with Gasteiger partial charge in [0.05, 0.1) is 10.5 Å². The number of halogens is 2. The maximum Gasteiger partial charge on any atom is 0.275 e. The Kier molecular flexibility index (Phi) is 3.68. The van der Waals surface area contributed by atoms with Crippen LogP contribution in [0.2, 0.25) is 10.2 Å². The number of amides is 1. The number of nitrogens with zero attached hydrogens (tertiary/aromatic N) is 3. The number of hydrogen-bond donors (Lipinski definition) is 1. The minimum atomic E-state index is -0.419. The normalized spacial score (nSPS) is 10.6. The van der Waals surface area contributed by atoms with E-state index >= 15 is 0 Å². The largest absolute Gasteiger partial charge is 0.305 e. The van der Waals surface area contributed by atoms with Crippen molar-refractivity contribution in [2.45, 2.75) is 0 Å². The van der Waals surface area contributed by atoms with E-state index in [1.54, 1.807) is 6.07 Å². The van der Waals surface area contributed by atoms with Crippen molar-refractivity contribution in [3.05, 3.63) is 58.6 Å². The highest BCUT2D eigenvalue weighted by molar-refractivity contribution is 6.35. The molecule has 0 fully saturated rings. The summed E-state index contributed by atoms with van der Waals surface area (Å²) >= 11 is 11.9. The molecule has 0 radical (unpaired) electrons. The molecule has 7 heteroatoms. The molecule has 21 heavy (non-hydrogen) atoms. The van der Waals surface area contributed by atoms with Crippen molar-refractivity contribution >= 4 is 45.8 Å². The molecule has 104 valence electrons. The lowest BCUT2D eigenvalue weighted by Crippen LogP contribution is -2.14. The second-order valence-electron chi connectivity index (χ2n) is 4.19. The van der Waals surface area contributed by atoms with Gasteiger partial charge in [0.2, 0.25) is 0 Å². The zero-order valence-corrected chi connectivity index (χ0v) is 12.1. The van der Waals surface area contributed by atoms with E-state index in [0.717, 1.165) is 5.39 Å². The molecule has 2 aromatic heterocycles. The molecule has 0 spiro atoms. The summed E-state index contributed by atoms with van der Waals surface area (Å²) in [6.45, 7) is 0. The van der Waals surface area contributed by atoms with E-state index in [2.05, 4.69) is 20.3 Å². The van der Waals surface area contributed by atoms with Crippen LogP contribution in [-0.4, -0.2) is 20.9 Å². The fourth-order valence-electron chi connectivity index (χ4n) is 1.83. The van der Waals surface area contributed by atoms with Crippen molar-refractivity contribution in [3.63, 3.8) is 0 Å². The SMILES string of the molecule is O=C(Nc1cc(Cl)ncn1)c1cc(Cl)c2ccccc2n1. The highest BCUT2D eigenvalue weighted by atomic mass is 35.5. The van der Waals surface area contributed by atoms with Crippen LogP contribution in [-0.2, 0) is 0 Å². The van der Waals surface area contributed by atoms with Gasteiger partial charge in [-0.3, -0.25) is 4.79 Å². The number of hydrogen-bond acceptors (Lipinski definition) is 4. The topological polar surface area (TPSA) is 67.8 Å². The van der Waals surface area contributed by atoms with Gasteiger partial charge < -0.3 is 5.32 Å². The molecule has 0 bridgehead atoms. The molecule has 5 nitrogen and oxygen atoms in total. The summed E-state index contributed by atoms with van der Waals surface area (Å²) in [6, 6.07) is 10.3. The van der Waals surface area contributed by atoms with Crippen LogP contribution < -0.4 is 5.32 Å². The fourth-order valence-corrected chi connectivity index (χ4v) is 2.24. The lowest BCUT2D eigenvalue weighted by Gasteiger charge is -2.06. The van der Waals surface area contributed by atoms with Crippen molar-refractivity contribution < 1.29 is 4.79 Å². The summed E-state index contributed by atoms with van der Waals surface area (Å²) < 4.78 is 0. The lowest BCUT2D eigenvalue weighted by atomic mass is 10.2. The zero-order valence-electron chi connectivity index (χ0n) is 10.5. The number of benzene rings is 1. The molecule has 1 aromatic carbocycles. The maximum absolute atomic E-state index is 12.2. The quantitative estimate of drug-likeness (QED) is 0.733. The molecule has 2 heterocycles. The van der Waals surface area contributed by atoms with Crippen molar-refractivity contribution in [2.75, 3.05) is 5.32 Å². The Morgan fingerprint density at radius 3 is 2.71 bits per heavy atom. The van der Waals surface area contributed by atoms with Gasteiger partial charge in [0.15, 0.2) is 0 Å². The molecule has 0 aliphatic rings. The van der Waals surface area contributed by atoms with Crippen LogP contribution in [0.15, 0.2) is 42.7 Å². The van der Waals surface area contributed by atoms with Crippen molar-refractivity contribution in [1.82, 2.24) is 15.0 Å². The number of rotatable bonds is 2. The summed E-state index contributed by atoms with van der Waals surface area (Å²) in [4.78, 5) is 24.1. The second-order valence-corrected chi connectivity index (χ2v) is 4.98. The number of para-hydroxylation sites is 1. The van der Waals surface area contributed by atoms with Gasteiger partial charge >= 0.3 is 0 Å². The molecule has 1 N–H and O–H groups in total. The van der Waals surface area contributed by atoms with Crippen LogP contribution in [0.4, 0.5) is 5.82 Å². The predicted octanol–water partition coefficient (Wildman–Crippen LogP) is 3.58. The zero-order chi connectivity index (χ0) is 14.8. The van der Waals surface area contributed by atoms with Crippen LogP contribution in [0.1, 0.15) is 10.5 Å². The van der Waals surface area contributed by atoms with Gasteiger partial charge in [0.25, 0.3) is 5.91 Å². The van der Waals surface area contributed by atoms with Gasteiger partial charge in [0, 0.05) is 11.5 Å². The summed E-state index contributed by atoms with van der Waals surface area (Å²) in [5, 5.41) is 4.09. The Hall–Kier alpha value is -2.24. The average Bonchev–Trinajstić information content (AvgIpc) is 2.47. The van der Waals surface area contributed by atoms with Crippen LogP contribution in [0, 0.1) is 0 Å². The minimum Gasteiger partial charge on any atom is -0.305 e. The van der Waals surface area contributed by atoms with E-state index in [9.17, 15) is 4.79 Å². The average molecular weight is 319 g/mol. The van der Waals surface area contributed by atoms with Crippen LogP contribution in [0.3, 0.4) is 0 Å². The summed E-state index contributed by atoms with van der Waals surface area (Å²) in [5.41, 5.74) is 0.851. The molecule has 0 atom stereocenters. The highest BCUT2D eigenvalue weighted by Gasteiger charge is 2.12. The number of carbonyl (C=O) groups excluding carboxylic acids is 1. The monoisotopic (exact) mass is 318 g/mol.